The van der Waals surface area contributed by atoms with Crippen LogP contribution in [0.15, 0.2) is 42.5 Å². The average molecular weight is 358 g/mol. The lowest BCUT2D eigenvalue weighted by Crippen LogP contribution is -2.17. The molecule has 0 amide bonds. The third-order valence-electron chi connectivity index (χ3n) is 4.42. The van der Waals surface area contributed by atoms with E-state index in [1.54, 1.807) is 0 Å². The number of rotatable bonds is 10. The van der Waals surface area contributed by atoms with E-state index >= 15 is 0 Å². The lowest BCUT2D eigenvalue weighted by atomic mass is 9.99. The normalized spacial score (nSPS) is 11.6. The minimum Gasteiger partial charge on any atom is -0.489 e. The molecule has 4 nitrogen and oxygen atoms in total. The van der Waals surface area contributed by atoms with Crippen LogP contribution in [0.3, 0.4) is 0 Å². The van der Waals surface area contributed by atoms with Gasteiger partial charge in [0, 0.05) is 0 Å². The summed E-state index contributed by atoms with van der Waals surface area (Å²) in [5.41, 5.74) is 3.06. The van der Waals surface area contributed by atoms with Crippen LogP contribution >= 0.6 is 0 Å². The summed E-state index contributed by atoms with van der Waals surface area (Å²) in [6, 6.07) is 13.7. The Morgan fingerprint density at radius 3 is 2.35 bits per heavy atom. The first-order chi connectivity index (χ1) is 12.4. The third-order valence-corrected chi connectivity index (χ3v) is 4.42. The smallest absolute Gasteiger partial charge is 0.120 e. The SMILES string of the molecule is CC(C)(O)CCCCc1cccc(OCc2ccc(CO)c(CO)c2)c1. The Kier molecular flexibility index (Phi) is 7.64. The van der Waals surface area contributed by atoms with Crippen molar-refractivity contribution in [3.63, 3.8) is 0 Å². The Morgan fingerprint density at radius 2 is 1.65 bits per heavy atom. The zero-order chi connectivity index (χ0) is 19.0. The van der Waals surface area contributed by atoms with Gasteiger partial charge in [-0.15, -0.1) is 0 Å². The Morgan fingerprint density at radius 1 is 0.885 bits per heavy atom. The van der Waals surface area contributed by atoms with E-state index in [1.807, 2.05) is 44.2 Å². The van der Waals surface area contributed by atoms with Gasteiger partial charge < -0.3 is 20.1 Å². The summed E-state index contributed by atoms with van der Waals surface area (Å²) >= 11 is 0. The Labute approximate surface area is 156 Å². The van der Waals surface area contributed by atoms with Gasteiger partial charge in [0.05, 0.1) is 18.8 Å². The molecule has 0 spiro atoms. The number of hydrogen-bond acceptors (Lipinski definition) is 4. The lowest BCUT2D eigenvalue weighted by Gasteiger charge is -2.16. The predicted molar refractivity (Wildman–Crippen MR) is 103 cm³/mol. The molecule has 0 saturated carbocycles. The molecule has 0 atom stereocenters. The molecule has 0 bridgehead atoms. The average Bonchev–Trinajstić information content (AvgIpc) is 2.63. The molecule has 2 rings (SSSR count). The number of benzene rings is 2. The number of ether oxygens (including phenoxy) is 1. The second-order valence-corrected chi connectivity index (χ2v) is 7.37. The molecule has 0 aliphatic rings. The zero-order valence-electron chi connectivity index (χ0n) is 15.7. The number of unbranched alkanes of at least 4 members (excludes halogenated alkanes) is 1. The van der Waals surface area contributed by atoms with Crippen molar-refractivity contribution in [2.24, 2.45) is 0 Å². The summed E-state index contributed by atoms with van der Waals surface area (Å²) in [6.07, 6.45) is 3.80. The molecule has 2 aromatic rings. The second-order valence-electron chi connectivity index (χ2n) is 7.37. The van der Waals surface area contributed by atoms with Crippen LogP contribution in [-0.2, 0) is 26.2 Å². The quantitative estimate of drug-likeness (QED) is 0.566. The highest BCUT2D eigenvalue weighted by Gasteiger charge is 2.11. The maximum absolute atomic E-state index is 9.76. The number of aryl methyl sites for hydroxylation is 1. The van der Waals surface area contributed by atoms with E-state index in [1.165, 1.54) is 5.56 Å². The molecule has 0 aliphatic heterocycles. The highest BCUT2D eigenvalue weighted by atomic mass is 16.5. The van der Waals surface area contributed by atoms with Crippen LogP contribution in [0.2, 0.25) is 0 Å². The highest BCUT2D eigenvalue weighted by Crippen LogP contribution is 2.20. The Balaban J connectivity index is 1.88. The van der Waals surface area contributed by atoms with Crippen LogP contribution in [0.5, 0.6) is 5.75 Å². The molecule has 0 radical (unpaired) electrons. The van der Waals surface area contributed by atoms with Crippen LogP contribution in [0.4, 0.5) is 0 Å². The van der Waals surface area contributed by atoms with Crippen molar-refractivity contribution in [2.75, 3.05) is 0 Å². The van der Waals surface area contributed by atoms with Crippen molar-refractivity contribution in [1.82, 2.24) is 0 Å². The summed E-state index contributed by atoms with van der Waals surface area (Å²) in [4.78, 5) is 0. The maximum atomic E-state index is 9.76. The first-order valence-corrected chi connectivity index (χ1v) is 9.18. The minimum atomic E-state index is -0.593. The summed E-state index contributed by atoms with van der Waals surface area (Å²) in [6.45, 7) is 3.94. The molecule has 142 valence electrons. The van der Waals surface area contributed by atoms with Gasteiger partial charge in [0.2, 0.25) is 0 Å². The predicted octanol–water partition coefficient (Wildman–Crippen LogP) is 3.73. The molecule has 0 fully saturated rings. The molecule has 2 aromatic carbocycles. The molecule has 4 heteroatoms. The lowest BCUT2D eigenvalue weighted by molar-refractivity contribution is 0.0682. The summed E-state index contributed by atoms with van der Waals surface area (Å²) in [5.74, 6) is 0.821. The Bertz CT molecular complexity index is 689. The number of aliphatic hydroxyl groups excluding tert-OH is 2. The molecular formula is C22H30O4. The van der Waals surface area contributed by atoms with Gasteiger partial charge in [0.25, 0.3) is 0 Å². The fourth-order valence-corrected chi connectivity index (χ4v) is 2.91. The van der Waals surface area contributed by atoms with Gasteiger partial charge in [-0.1, -0.05) is 30.7 Å². The van der Waals surface area contributed by atoms with Crippen molar-refractivity contribution in [3.8, 4) is 5.75 Å². The standard InChI is InChI=1S/C22H30O4/c1-22(2,25)11-4-3-6-17-7-5-8-21(13-17)26-16-18-9-10-19(14-23)20(12-18)15-24/h5,7-10,12-13,23-25H,3-4,6,11,14-16H2,1-2H3. The topological polar surface area (TPSA) is 69.9 Å². The summed E-state index contributed by atoms with van der Waals surface area (Å²) < 4.78 is 5.88. The summed E-state index contributed by atoms with van der Waals surface area (Å²) in [5, 5.41) is 28.4. The van der Waals surface area contributed by atoms with E-state index in [0.717, 1.165) is 48.1 Å². The van der Waals surface area contributed by atoms with Crippen LogP contribution in [-0.4, -0.2) is 20.9 Å². The largest absolute Gasteiger partial charge is 0.489 e. The van der Waals surface area contributed by atoms with Gasteiger partial charge in [0.1, 0.15) is 12.4 Å². The fraction of sp³-hybridized carbons (Fsp3) is 0.455. The van der Waals surface area contributed by atoms with Crippen molar-refractivity contribution in [2.45, 2.75) is 65.0 Å². The van der Waals surface area contributed by atoms with Crippen LogP contribution in [0.25, 0.3) is 0 Å². The van der Waals surface area contributed by atoms with Crippen LogP contribution < -0.4 is 4.74 Å². The van der Waals surface area contributed by atoms with Crippen molar-refractivity contribution in [3.05, 3.63) is 64.7 Å². The van der Waals surface area contributed by atoms with Gasteiger partial charge in [-0.2, -0.15) is 0 Å². The number of hydrogen-bond donors (Lipinski definition) is 3. The van der Waals surface area contributed by atoms with E-state index < -0.39 is 5.60 Å². The number of aliphatic hydroxyl groups is 3. The van der Waals surface area contributed by atoms with Crippen LogP contribution in [0, 0.1) is 0 Å². The highest BCUT2D eigenvalue weighted by molar-refractivity contribution is 5.32. The van der Waals surface area contributed by atoms with Gasteiger partial charge in [-0.25, -0.2) is 0 Å². The fourth-order valence-electron chi connectivity index (χ4n) is 2.91. The second kappa shape index (κ2) is 9.72. The first-order valence-electron chi connectivity index (χ1n) is 9.18. The summed E-state index contributed by atoms with van der Waals surface area (Å²) in [7, 11) is 0. The van der Waals surface area contributed by atoms with E-state index in [4.69, 9.17) is 4.74 Å². The molecular weight excluding hydrogens is 328 g/mol. The molecule has 0 unspecified atom stereocenters. The Hall–Kier alpha value is -1.88. The molecule has 0 heterocycles. The third kappa shape index (κ3) is 6.79. The molecule has 0 saturated heterocycles. The molecule has 26 heavy (non-hydrogen) atoms. The monoisotopic (exact) mass is 358 g/mol. The van der Waals surface area contributed by atoms with E-state index in [-0.39, 0.29) is 13.2 Å². The van der Waals surface area contributed by atoms with Crippen LogP contribution in [0.1, 0.15) is 55.4 Å². The minimum absolute atomic E-state index is 0.0768. The maximum Gasteiger partial charge on any atom is 0.120 e. The van der Waals surface area contributed by atoms with Gasteiger partial charge in [-0.05, 0) is 73.6 Å². The molecule has 0 aromatic heterocycles. The first kappa shape index (κ1) is 20.4. The van der Waals surface area contributed by atoms with Crippen molar-refractivity contribution >= 4 is 0 Å². The van der Waals surface area contributed by atoms with Gasteiger partial charge in [-0.3, -0.25) is 0 Å². The van der Waals surface area contributed by atoms with E-state index in [9.17, 15) is 15.3 Å². The van der Waals surface area contributed by atoms with E-state index in [2.05, 4.69) is 12.1 Å². The van der Waals surface area contributed by atoms with Gasteiger partial charge >= 0.3 is 0 Å². The van der Waals surface area contributed by atoms with Crippen molar-refractivity contribution < 1.29 is 20.1 Å². The zero-order valence-corrected chi connectivity index (χ0v) is 15.7. The molecule has 3 N–H and O–H groups in total. The van der Waals surface area contributed by atoms with E-state index in [0.29, 0.717) is 6.61 Å². The van der Waals surface area contributed by atoms with Crippen molar-refractivity contribution in [1.29, 1.82) is 0 Å². The van der Waals surface area contributed by atoms with Gasteiger partial charge in [0.15, 0.2) is 0 Å². The molecule has 0 aliphatic carbocycles.